The summed E-state index contributed by atoms with van der Waals surface area (Å²) in [5.74, 6) is 1.36. The first kappa shape index (κ1) is 6.80. The van der Waals surface area contributed by atoms with Crippen LogP contribution in [0.3, 0.4) is 0 Å². The number of benzene rings is 1. The van der Waals surface area contributed by atoms with Gasteiger partial charge in [0, 0.05) is 5.75 Å². The molecule has 1 aliphatic rings. The maximum absolute atomic E-state index is 9.40. The van der Waals surface area contributed by atoms with Crippen molar-refractivity contribution in [3.63, 3.8) is 0 Å². The van der Waals surface area contributed by atoms with Gasteiger partial charge in [0.25, 0.3) is 0 Å². The number of phenolic OH excluding ortho intramolecular Hbond substituents is 1. The highest BCUT2D eigenvalue weighted by atomic mass is 32.2. The van der Waals surface area contributed by atoms with Gasteiger partial charge in [-0.05, 0) is 11.6 Å². The molecule has 11 heavy (non-hydrogen) atoms. The van der Waals surface area contributed by atoms with Crippen LogP contribution in [0.25, 0.3) is 6.08 Å². The van der Waals surface area contributed by atoms with E-state index >= 15 is 0 Å². The molecule has 0 unspecified atom stereocenters. The van der Waals surface area contributed by atoms with Crippen molar-refractivity contribution < 1.29 is 5.11 Å². The van der Waals surface area contributed by atoms with E-state index in [4.69, 9.17) is 0 Å². The maximum Gasteiger partial charge on any atom is 0.129 e. The van der Waals surface area contributed by atoms with Gasteiger partial charge in [0.1, 0.15) is 5.75 Å². The first-order valence-electron chi connectivity index (χ1n) is 3.49. The van der Waals surface area contributed by atoms with Crippen LogP contribution >= 0.6 is 11.8 Å². The minimum Gasteiger partial charge on any atom is -0.507 e. The van der Waals surface area contributed by atoms with E-state index in [0.29, 0.717) is 5.75 Å². The number of hydrogen-bond donors (Lipinski definition) is 1. The molecule has 0 amide bonds. The highest BCUT2D eigenvalue weighted by Crippen LogP contribution is 2.35. The van der Waals surface area contributed by atoms with Crippen molar-refractivity contribution in [1.29, 1.82) is 0 Å². The Bertz CT molecular complexity index is 304. The second-order valence-corrected chi connectivity index (χ2v) is 3.44. The standard InChI is InChI=1S/C9H8OS/c10-8-5-1-3-7-4-2-6-11-9(7)8/h1-5,10H,6H2. The average molecular weight is 164 g/mol. The highest BCUT2D eigenvalue weighted by Gasteiger charge is 2.07. The number of hydrogen-bond acceptors (Lipinski definition) is 2. The lowest BCUT2D eigenvalue weighted by atomic mass is 10.2. The van der Waals surface area contributed by atoms with Crippen LogP contribution < -0.4 is 0 Å². The van der Waals surface area contributed by atoms with Crippen molar-refractivity contribution in [2.45, 2.75) is 4.90 Å². The zero-order valence-corrected chi connectivity index (χ0v) is 6.77. The van der Waals surface area contributed by atoms with E-state index in [2.05, 4.69) is 6.08 Å². The van der Waals surface area contributed by atoms with Crippen LogP contribution in [0.15, 0.2) is 29.2 Å². The summed E-state index contributed by atoms with van der Waals surface area (Å²) in [6.07, 6.45) is 4.15. The third kappa shape index (κ3) is 1.14. The quantitative estimate of drug-likeness (QED) is 0.635. The van der Waals surface area contributed by atoms with Crippen molar-refractivity contribution in [3.05, 3.63) is 29.8 Å². The van der Waals surface area contributed by atoms with E-state index in [9.17, 15) is 5.11 Å². The summed E-state index contributed by atoms with van der Waals surface area (Å²) in [7, 11) is 0. The van der Waals surface area contributed by atoms with E-state index in [1.54, 1.807) is 17.8 Å². The summed E-state index contributed by atoms with van der Waals surface area (Å²) >= 11 is 1.68. The molecule has 0 bridgehead atoms. The summed E-state index contributed by atoms with van der Waals surface area (Å²) < 4.78 is 0. The molecule has 0 fully saturated rings. The van der Waals surface area contributed by atoms with Crippen LogP contribution in [0, 0.1) is 0 Å². The van der Waals surface area contributed by atoms with Gasteiger partial charge >= 0.3 is 0 Å². The maximum atomic E-state index is 9.40. The Balaban J connectivity index is 2.60. The monoisotopic (exact) mass is 164 g/mol. The number of fused-ring (bicyclic) bond motifs is 1. The van der Waals surface area contributed by atoms with E-state index in [1.807, 2.05) is 18.2 Å². The molecule has 2 heteroatoms. The first-order chi connectivity index (χ1) is 5.38. The second kappa shape index (κ2) is 2.62. The largest absolute Gasteiger partial charge is 0.507 e. The first-order valence-corrected chi connectivity index (χ1v) is 4.48. The molecule has 0 saturated heterocycles. The van der Waals surface area contributed by atoms with E-state index in [1.165, 1.54) is 0 Å². The van der Waals surface area contributed by atoms with Crippen LogP contribution in [-0.2, 0) is 0 Å². The minimum absolute atomic E-state index is 0.400. The Morgan fingerprint density at radius 2 is 2.27 bits per heavy atom. The Labute approximate surface area is 69.7 Å². The molecule has 0 aromatic heterocycles. The van der Waals surface area contributed by atoms with Crippen LogP contribution in [0.5, 0.6) is 5.75 Å². The zero-order valence-electron chi connectivity index (χ0n) is 5.95. The fourth-order valence-corrected chi connectivity index (χ4v) is 2.02. The number of aromatic hydroxyl groups is 1. The van der Waals surface area contributed by atoms with Gasteiger partial charge in [-0.15, -0.1) is 11.8 Å². The van der Waals surface area contributed by atoms with Crippen LogP contribution in [-0.4, -0.2) is 10.9 Å². The molecular weight excluding hydrogens is 156 g/mol. The fourth-order valence-electron chi connectivity index (χ4n) is 1.14. The third-order valence-electron chi connectivity index (χ3n) is 1.65. The molecule has 0 radical (unpaired) electrons. The Morgan fingerprint density at radius 1 is 1.36 bits per heavy atom. The summed E-state index contributed by atoms with van der Waals surface area (Å²) in [5.41, 5.74) is 1.13. The fraction of sp³-hybridized carbons (Fsp3) is 0.111. The molecule has 0 aliphatic carbocycles. The van der Waals surface area contributed by atoms with Gasteiger partial charge in [-0.1, -0.05) is 24.3 Å². The summed E-state index contributed by atoms with van der Waals surface area (Å²) in [5, 5.41) is 9.40. The van der Waals surface area contributed by atoms with Crippen molar-refractivity contribution >= 4 is 17.8 Å². The zero-order chi connectivity index (χ0) is 7.68. The van der Waals surface area contributed by atoms with Gasteiger partial charge in [0.15, 0.2) is 0 Å². The number of phenols is 1. The lowest BCUT2D eigenvalue weighted by Crippen LogP contribution is -1.86. The van der Waals surface area contributed by atoms with Crippen molar-refractivity contribution in [3.8, 4) is 5.75 Å². The molecule has 2 rings (SSSR count). The van der Waals surface area contributed by atoms with Crippen molar-refractivity contribution in [2.75, 3.05) is 5.75 Å². The Morgan fingerprint density at radius 3 is 3.09 bits per heavy atom. The molecule has 1 N–H and O–H groups in total. The van der Waals surface area contributed by atoms with Gasteiger partial charge in [-0.25, -0.2) is 0 Å². The molecule has 1 aromatic carbocycles. The van der Waals surface area contributed by atoms with E-state index in [-0.39, 0.29) is 0 Å². The summed E-state index contributed by atoms with van der Waals surface area (Å²) in [4.78, 5) is 1.01. The molecule has 1 heterocycles. The smallest absolute Gasteiger partial charge is 0.129 e. The topological polar surface area (TPSA) is 20.2 Å². The lowest BCUT2D eigenvalue weighted by Gasteiger charge is -2.10. The third-order valence-corrected chi connectivity index (χ3v) is 2.74. The van der Waals surface area contributed by atoms with Gasteiger partial charge in [0.05, 0.1) is 4.90 Å². The summed E-state index contributed by atoms with van der Waals surface area (Å²) in [6, 6.07) is 5.60. The molecule has 0 saturated carbocycles. The average Bonchev–Trinajstić information content (AvgIpc) is 2.06. The van der Waals surface area contributed by atoms with E-state index in [0.717, 1.165) is 16.2 Å². The second-order valence-electron chi connectivity index (χ2n) is 2.41. The molecule has 0 spiro atoms. The molecule has 0 atom stereocenters. The van der Waals surface area contributed by atoms with Crippen LogP contribution in [0.2, 0.25) is 0 Å². The highest BCUT2D eigenvalue weighted by molar-refractivity contribution is 7.99. The predicted molar refractivity (Wildman–Crippen MR) is 47.9 cm³/mol. The summed E-state index contributed by atoms with van der Waals surface area (Å²) in [6.45, 7) is 0. The molecular formula is C9H8OS. The lowest BCUT2D eigenvalue weighted by molar-refractivity contribution is 0.462. The minimum atomic E-state index is 0.400. The van der Waals surface area contributed by atoms with Crippen LogP contribution in [0.4, 0.5) is 0 Å². The SMILES string of the molecule is Oc1cccc2c1SCC=C2. The number of thioether (sulfide) groups is 1. The van der Waals surface area contributed by atoms with Crippen molar-refractivity contribution in [2.24, 2.45) is 0 Å². The predicted octanol–water partition coefficient (Wildman–Crippen LogP) is 2.51. The molecule has 1 nitrogen and oxygen atoms in total. The Hall–Kier alpha value is -0.890. The molecule has 1 aliphatic heterocycles. The van der Waals surface area contributed by atoms with Gasteiger partial charge in [-0.3, -0.25) is 0 Å². The Kier molecular flexibility index (Phi) is 1.62. The van der Waals surface area contributed by atoms with Gasteiger partial charge in [0.2, 0.25) is 0 Å². The normalized spacial score (nSPS) is 14.5. The van der Waals surface area contributed by atoms with E-state index < -0.39 is 0 Å². The van der Waals surface area contributed by atoms with Crippen molar-refractivity contribution in [1.82, 2.24) is 0 Å². The number of rotatable bonds is 0. The van der Waals surface area contributed by atoms with Crippen LogP contribution in [0.1, 0.15) is 5.56 Å². The van der Waals surface area contributed by atoms with Gasteiger partial charge < -0.3 is 5.11 Å². The molecule has 1 aromatic rings. The molecule has 56 valence electrons. The van der Waals surface area contributed by atoms with Gasteiger partial charge in [-0.2, -0.15) is 0 Å².